The third kappa shape index (κ3) is 4.30. The number of hydrogen-bond acceptors (Lipinski definition) is 8. The smallest absolute Gasteiger partial charge is 0.271 e. The molecule has 0 radical (unpaired) electrons. The molecule has 2 aliphatic heterocycles. The highest BCUT2D eigenvalue weighted by atomic mass is 16.5. The number of nitrogens with zero attached hydrogens (tertiary/aromatic N) is 6. The average Bonchev–Trinajstić information content (AvgIpc) is 3.27. The maximum Gasteiger partial charge on any atom is 0.271 e. The van der Waals surface area contributed by atoms with Gasteiger partial charge in [0.15, 0.2) is 0 Å². The minimum atomic E-state index is -0.212. The third-order valence-electron chi connectivity index (χ3n) is 4.82. The first-order chi connectivity index (χ1) is 13.3. The van der Waals surface area contributed by atoms with Gasteiger partial charge in [-0.3, -0.25) is 4.79 Å². The van der Waals surface area contributed by atoms with Crippen LogP contribution in [0.1, 0.15) is 23.3 Å². The molecular weight excluding hydrogens is 346 g/mol. The van der Waals surface area contributed by atoms with Gasteiger partial charge in [0.25, 0.3) is 5.91 Å². The van der Waals surface area contributed by atoms with Crippen LogP contribution in [0.2, 0.25) is 0 Å². The lowest BCUT2D eigenvalue weighted by atomic mass is 10.2. The number of ether oxygens (including phenoxy) is 1. The van der Waals surface area contributed by atoms with E-state index in [1.807, 2.05) is 6.07 Å². The largest absolute Gasteiger partial charge is 0.376 e. The van der Waals surface area contributed by atoms with Crippen molar-refractivity contribution >= 4 is 17.7 Å². The highest BCUT2D eigenvalue weighted by molar-refractivity contribution is 5.92. The zero-order valence-electron chi connectivity index (χ0n) is 15.1. The number of nitrogens with one attached hydrogen (secondary N) is 1. The minimum Gasteiger partial charge on any atom is -0.376 e. The molecule has 0 saturated carbocycles. The number of carbonyl (C=O) groups excluding carboxylic acids is 1. The summed E-state index contributed by atoms with van der Waals surface area (Å²) in [7, 11) is 0. The molecule has 0 aliphatic carbocycles. The number of hydrogen-bond donors (Lipinski definition) is 1. The monoisotopic (exact) mass is 369 g/mol. The SMILES string of the molecule is O=C(NCC1CCCO1)c1cnc(N2CCN(c3ncccn3)CC2)cn1. The zero-order valence-corrected chi connectivity index (χ0v) is 15.1. The van der Waals surface area contributed by atoms with Crippen LogP contribution in [-0.4, -0.2) is 71.3 Å². The van der Waals surface area contributed by atoms with Crippen molar-refractivity contribution in [2.24, 2.45) is 0 Å². The molecule has 4 rings (SSSR count). The van der Waals surface area contributed by atoms with Crippen molar-refractivity contribution in [3.63, 3.8) is 0 Å². The summed E-state index contributed by atoms with van der Waals surface area (Å²) in [5.74, 6) is 1.32. The van der Waals surface area contributed by atoms with Gasteiger partial charge in [0, 0.05) is 51.7 Å². The first-order valence-corrected chi connectivity index (χ1v) is 9.28. The van der Waals surface area contributed by atoms with Gasteiger partial charge >= 0.3 is 0 Å². The summed E-state index contributed by atoms with van der Waals surface area (Å²) in [6.45, 7) is 4.53. The molecular formula is C18H23N7O2. The predicted molar refractivity (Wildman–Crippen MR) is 99.8 cm³/mol. The van der Waals surface area contributed by atoms with E-state index in [0.29, 0.717) is 12.2 Å². The Hall–Kier alpha value is -2.81. The number of rotatable bonds is 5. The summed E-state index contributed by atoms with van der Waals surface area (Å²) >= 11 is 0. The number of anilines is 2. The molecule has 0 bridgehead atoms. The van der Waals surface area contributed by atoms with E-state index in [2.05, 4.69) is 35.1 Å². The van der Waals surface area contributed by atoms with Gasteiger partial charge in [-0.05, 0) is 18.9 Å². The van der Waals surface area contributed by atoms with Gasteiger partial charge in [-0.1, -0.05) is 0 Å². The summed E-state index contributed by atoms with van der Waals surface area (Å²) in [4.78, 5) is 33.8. The molecule has 9 nitrogen and oxygen atoms in total. The van der Waals surface area contributed by atoms with E-state index in [1.54, 1.807) is 18.6 Å². The van der Waals surface area contributed by atoms with Crippen molar-refractivity contribution < 1.29 is 9.53 Å². The summed E-state index contributed by atoms with van der Waals surface area (Å²) < 4.78 is 5.51. The van der Waals surface area contributed by atoms with Gasteiger partial charge in [0.2, 0.25) is 5.95 Å². The molecule has 27 heavy (non-hydrogen) atoms. The van der Waals surface area contributed by atoms with E-state index >= 15 is 0 Å². The molecule has 142 valence electrons. The molecule has 1 amide bonds. The highest BCUT2D eigenvalue weighted by Crippen LogP contribution is 2.15. The second-order valence-electron chi connectivity index (χ2n) is 6.63. The standard InChI is InChI=1S/C18H23N7O2/c26-17(23-11-14-3-1-10-27-14)15-12-22-16(13-21-15)24-6-8-25(9-7-24)18-19-4-2-5-20-18/h2,4-5,12-14H,1,3,6-11H2,(H,23,26). The fourth-order valence-electron chi connectivity index (χ4n) is 3.29. The summed E-state index contributed by atoms with van der Waals surface area (Å²) in [5.41, 5.74) is 0.327. The van der Waals surface area contributed by atoms with E-state index in [9.17, 15) is 4.79 Å². The van der Waals surface area contributed by atoms with Gasteiger partial charge in [-0.15, -0.1) is 0 Å². The van der Waals surface area contributed by atoms with Crippen molar-refractivity contribution in [1.29, 1.82) is 0 Å². The quantitative estimate of drug-likeness (QED) is 0.814. The third-order valence-corrected chi connectivity index (χ3v) is 4.82. The van der Waals surface area contributed by atoms with E-state index in [1.165, 1.54) is 6.20 Å². The molecule has 2 fully saturated rings. The maximum absolute atomic E-state index is 12.2. The molecule has 2 aliphatic rings. The van der Waals surface area contributed by atoms with Crippen LogP contribution in [0.5, 0.6) is 0 Å². The lowest BCUT2D eigenvalue weighted by Crippen LogP contribution is -2.47. The first kappa shape index (κ1) is 17.6. The molecule has 9 heteroatoms. The molecule has 1 N–H and O–H groups in total. The van der Waals surface area contributed by atoms with Crippen LogP contribution in [0.3, 0.4) is 0 Å². The lowest BCUT2D eigenvalue weighted by Gasteiger charge is -2.35. The van der Waals surface area contributed by atoms with Gasteiger partial charge in [0.1, 0.15) is 11.5 Å². The lowest BCUT2D eigenvalue weighted by molar-refractivity contribution is 0.0853. The molecule has 2 aromatic rings. The van der Waals surface area contributed by atoms with Crippen molar-refractivity contribution in [1.82, 2.24) is 25.3 Å². The Morgan fingerprint density at radius 1 is 1.07 bits per heavy atom. The Morgan fingerprint density at radius 2 is 1.85 bits per heavy atom. The second kappa shape index (κ2) is 8.26. The summed E-state index contributed by atoms with van der Waals surface area (Å²) in [5, 5.41) is 2.86. The number of piperazine rings is 1. The van der Waals surface area contributed by atoms with Crippen LogP contribution < -0.4 is 15.1 Å². The normalized spacial score (nSPS) is 19.9. The van der Waals surface area contributed by atoms with Gasteiger partial charge in [0.05, 0.1) is 18.5 Å². The minimum absolute atomic E-state index is 0.117. The predicted octanol–water partition coefficient (Wildman–Crippen LogP) is 0.502. The fraction of sp³-hybridized carbons (Fsp3) is 0.500. The van der Waals surface area contributed by atoms with Crippen molar-refractivity contribution in [2.75, 3.05) is 49.1 Å². The topological polar surface area (TPSA) is 96.4 Å². The Balaban J connectivity index is 1.29. The van der Waals surface area contributed by atoms with Crippen LogP contribution in [-0.2, 0) is 4.74 Å². The van der Waals surface area contributed by atoms with Gasteiger partial charge < -0.3 is 19.9 Å². The maximum atomic E-state index is 12.2. The Kier molecular flexibility index (Phi) is 5.38. The highest BCUT2D eigenvalue weighted by Gasteiger charge is 2.21. The van der Waals surface area contributed by atoms with Crippen LogP contribution in [0.4, 0.5) is 11.8 Å². The van der Waals surface area contributed by atoms with Crippen molar-refractivity contribution in [3.05, 3.63) is 36.5 Å². The molecule has 1 atom stereocenters. The fourth-order valence-corrected chi connectivity index (χ4v) is 3.29. The number of aromatic nitrogens is 4. The van der Waals surface area contributed by atoms with Crippen LogP contribution in [0.15, 0.2) is 30.9 Å². The molecule has 2 aromatic heterocycles. The molecule has 0 aromatic carbocycles. The molecule has 2 saturated heterocycles. The van der Waals surface area contributed by atoms with Crippen LogP contribution in [0.25, 0.3) is 0 Å². The van der Waals surface area contributed by atoms with Crippen LogP contribution >= 0.6 is 0 Å². The second-order valence-corrected chi connectivity index (χ2v) is 6.63. The molecule has 0 spiro atoms. The Morgan fingerprint density at radius 3 is 2.52 bits per heavy atom. The Bertz CT molecular complexity index is 742. The molecule has 1 unspecified atom stereocenters. The summed E-state index contributed by atoms with van der Waals surface area (Å²) in [6.07, 6.45) is 8.86. The van der Waals surface area contributed by atoms with E-state index < -0.39 is 0 Å². The van der Waals surface area contributed by atoms with Gasteiger partial charge in [-0.25, -0.2) is 19.9 Å². The zero-order chi connectivity index (χ0) is 18.5. The number of amides is 1. The van der Waals surface area contributed by atoms with Gasteiger partial charge in [-0.2, -0.15) is 0 Å². The van der Waals surface area contributed by atoms with Crippen molar-refractivity contribution in [2.45, 2.75) is 18.9 Å². The van der Waals surface area contributed by atoms with E-state index in [0.717, 1.165) is 57.4 Å². The summed E-state index contributed by atoms with van der Waals surface area (Å²) in [6, 6.07) is 1.81. The van der Waals surface area contributed by atoms with E-state index in [4.69, 9.17) is 4.74 Å². The molecule has 4 heterocycles. The Labute approximate surface area is 157 Å². The number of carbonyl (C=O) groups is 1. The average molecular weight is 369 g/mol. The first-order valence-electron chi connectivity index (χ1n) is 9.28. The van der Waals surface area contributed by atoms with Crippen molar-refractivity contribution in [3.8, 4) is 0 Å². The van der Waals surface area contributed by atoms with Crippen LogP contribution in [0, 0.1) is 0 Å². The van der Waals surface area contributed by atoms with E-state index in [-0.39, 0.29) is 12.0 Å².